The molecule has 1 fully saturated rings. The van der Waals surface area contributed by atoms with Gasteiger partial charge in [-0.1, -0.05) is 36.4 Å². The van der Waals surface area contributed by atoms with E-state index in [1.165, 1.54) is 12.0 Å². The minimum absolute atomic E-state index is 0.0956. The highest BCUT2D eigenvalue weighted by molar-refractivity contribution is 6.21. The lowest BCUT2D eigenvalue weighted by atomic mass is 10.1. The molecule has 0 radical (unpaired) electrons. The Hall–Kier alpha value is -4.13. The van der Waals surface area contributed by atoms with Crippen molar-refractivity contribution in [2.24, 2.45) is 0 Å². The van der Waals surface area contributed by atoms with E-state index in [1.54, 1.807) is 42.5 Å². The normalized spacial score (nSPS) is 15.5. The molecule has 0 atom stereocenters. The Morgan fingerprint density at radius 2 is 1.44 bits per heavy atom. The lowest BCUT2D eigenvalue weighted by Crippen LogP contribution is -2.48. The molecule has 0 aromatic heterocycles. The van der Waals surface area contributed by atoms with Crippen LogP contribution in [0.25, 0.3) is 0 Å². The lowest BCUT2D eigenvalue weighted by molar-refractivity contribution is 0.0642. The summed E-state index contributed by atoms with van der Waals surface area (Å²) >= 11 is 0. The van der Waals surface area contributed by atoms with E-state index < -0.39 is 0 Å². The van der Waals surface area contributed by atoms with Gasteiger partial charge < -0.3 is 14.5 Å². The highest BCUT2D eigenvalue weighted by Gasteiger charge is 2.35. The minimum atomic E-state index is -0.318. The van der Waals surface area contributed by atoms with Crippen molar-refractivity contribution in [3.05, 3.63) is 95.1 Å². The van der Waals surface area contributed by atoms with Gasteiger partial charge in [-0.05, 0) is 42.0 Å². The van der Waals surface area contributed by atoms with Gasteiger partial charge in [-0.25, -0.2) is 0 Å². The number of fused-ring (bicyclic) bond motifs is 1. The van der Waals surface area contributed by atoms with Gasteiger partial charge in [0.15, 0.2) is 0 Å². The third-order valence-corrected chi connectivity index (χ3v) is 6.40. The van der Waals surface area contributed by atoms with Crippen molar-refractivity contribution in [1.82, 2.24) is 9.80 Å². The topological polar surface area (TPSA) is 70.2 Å². The first kappa shape index (κ1) is 21.7. The van der Waals surface area contributed by atoms with Gasteiger partial charge in [-0.3, -0.25) is 19.3 Å². The molecule has 1 saturated heterocycles. The molecule has 0 unspecified atom stereocenters. The highest BCUT2D eigenvalue weighted by atomic mass is 16.5. The summed E-state index contributed by atoms with van der Waals surface area (Å²) in [4.78, 5) is 44.2. The van der Waals surface area contributed by atoms with Crippen molar-refractivity contribution in [3.63, 3.8) is 0 Å². The number of carbonyl (C=O) groups excluding carboxylic acids is 3. The molecule has 34 heavy (non-hydrogen) atoms. The summed E-state index contributed by atoms with van der Waals surface area (Å²) in [6.45, 7) is 2.77. The monoisotopic (exact) mass is 455 g/mol. The van der Waals surface area contributed by atoms with Gasteiger partial charge in [-0.2, -0.15) is 0 Å². The van der Waals surface area contributed by atoms with E-state index in [4.69, 9.17) is 4.74 Å². The van der Waals surface area contributed by atoms with Crippen LogP contribution in [0.4, 0.5) is 5.69 Å². The number of amides is 3. The van der Waals surface area contributed by atoms with Crippen LogP contribution < -0.4 is 9.64 Å². The fourth-order valence-corrected chi connectivity index (χ4v) is 4.56. The molecule has 3 aromatic rings. The number of methoxy groups -OCH3 is 1. The zero-order valence-corrected chi connectivity index (χ0v) is 18.9. The SMILES string of the molecule is COc1ccc(CN2C(=O)c3ccccc3C2=O)cc1C(=O)N1CCN(c2ccccc2)CC1. The van der Waals surface area contributed by atoms with Gasteiger partial charge in [0, 0.05) is 31.9 Å². The summed E-state index contributed by atoms with van der Waals surface area (Å²) in [6, 6.07) is 22.2. The van der Waals surface area contributed by atoms with Crippen molar-refractivity contribution in [2.75, 3.05) is 38.2 Å². The maximum atomic E-state index is 13.4. The maximum Gasteiger partial charge on any atom is 0.261 e. The van der Waals surface area contributed by atoms with E-state index in [2.05, 4.69) is 17.0 Å². The Labute approximate surface area is 198 Å². The van der Waals surface area contributed by atoms with Crippen molar-refractivity contribution < 1.29 is 19.1 Å². The molecule has 2 aliphatic heterocycles. The molecule has 0 spiro atoms. The molecular weight excluding hydrogens is 430 g/mol. The van der Waals surface area contributed by atoms with Crippen molar-refractivity contribution in [2.45, 2.75) is 6.54 Å². The fraction of sp³-hybridized carbons (Fsp3) is 0.222. The molecular formula is C27H25N3O4. The summed E-state index contributed by atoms with van der Waals surface area (Å²) in [5.74, 6) is -0.280. The number of rotatable bonds is 5. The number of ether oxygens (including phenoxy) is 1. The van der Waals surface area contributed by atoms with Crippen LogP contribution in [0.1, 0.15) is 36.6 Å². The molecule has 172 valence electrons. The highest BCUT2D eigenvalue weighted by Crippen LogP contribution is 2.27. The van der Waals surface area contributed by atoms with Gasteiger partial charge >= 0.3 is 0 Å². The Morgan fingerprint density at radius 3 is 2.06 bits per heavy atom. The van der Waals surface area contributed by atoms with E-state index in [0.717, 1.165) is 18.8 Å². The zero-order chi connectivity index (χ0) is 23.7. The number of imide groups is 1. The largest absolute Gasteiger partial charge is 0.496 e. The second-order valence-electron chi connectivity index (χ2n) is 8.39. The van der Waals surface area contributed by atoms with Gasteiger partial charge in [0.05, 0.1) is 30.3 Å². The second-order valence-corrected chi connectivity index (χ2v) is 8.39. The van der Waals surface area contributed by atoms with Crippen molar-refractivity contribution in [3.8, 4) is 5.75 Å². The average molecular weight is 456 g/mol. The standard InChI is InChI=1S/C27H25N3O4/c1-34-24-12-11-19(18-30-26(32)21-9-5-6-10-22(21)27(30)33)17-23(24)25(31)29-15-13-28(14-16-29)20-7-3-2-4-8-20/h2-12,17H,13-16,18H2,1H3. The Bertz CT molecular complexity index is 1210. The number of hydrogen-bond donors (Lipinski definition) is 0. The molecule has 2 heterocycles. The summed E-state index contributed by atoms with van der Waals surface area (Å²) in [7, 11) is 1.53. The van der Waals surface area contributed by atoms with E-state index >= 15 is 0 Å². The third-order valence-electron chi connectivity index (χ3n) is 6.40. The summed E-state index contributed by atoms with van der Waals surface area (Å²) in [5, 5.41) is 0. The first-order valence-corrected chi connectivity index (χ1v) is 11.3. The molecule has 0 saturated carbocycles. The summed E-state index contributed by atoms with van der Waals surface area (Å²) in [6.07, 6.45) is 0. The van der Waals surface area contributed by atoms with Gasteiger partial charge in [0.2, 0.25) is 0 Å². The van der Waals surface area contributed by atoms with Crippen LogP contribution >= 0.6 is 0 Å². The zero-order valence-electron chi connectivity index (χ0n) is 18.9. The molecule has 3 amide bonds. The minimum Gasteiger partial charge on any atom is -0.496 e. The number of benzene rings is 3. The van der Waals surface area contributed by atoms with Crippen molar-refractivity contribution in [1.29, 1.82) is 0 Å². The second kappa shape index (κ2) is 9.02. The van der Waals surface area contributed by atoms with Gasteiger partial charge in [0.25, 0.3) is 17.7 Å². The Balaban J connectivity index is 1.32. The molecule has 0 aliphatic carbocycles. The molecule has 5 rings (SSSR count). The molecule has 3 aromatic carbocycles. The van der Waals surface area contributed by atoms with Gasteiger partial charge in [0.1, 0.15) is 5.75 Å². The van der Waals surface area contributed by atoms with Crippen LogP contribution in [0.5, 0.6) is 5.75 Å². The van der Waals surface area contributed by atoms with Crippen LogP contribution in [0.15, 0.2) is 72.8 Å². The Morgan fingerprint density at radius 1 is 0.824 bits per heavy atom. The predicted molar refractivity (Wildman–Crippen MR) is 128 cm³/mol. The molecule has 0 bridgehead atoms. The molecule has 2 aliphatic rings. The smallest absolute Gasteiger partial charge is 0.261 e. The van der Waals surface area contributed by atoms with Crippen LogP contribution in [0.2, 0.25) is 0 Å². The number of carbonyl (C=O) groups is 3. The van der Waals surface area contributed by atoms with E-state index in [0.29, 0.717) is 41.1 Å². The molecule has 7 heteroatoms. The predicted octanol–water partition coefficient (Wildman–Crippen LogP) is 3.45. The number of nitrogens with zero attached hydrogens (tertiary/aromatic N) is 3. The van der Waals surface area contributed by atoms with E-state index in [9.17, 15) is 14.4 Å². The van der Waals surface area contributed by atoms with E-state index in [-0.39, 0.29) is 24.3 Å². The summed E-state index contributed by atoms with van der Waals surface area (Å²) in [5.41, 5.74) is 3.10. The first-order chi connectivity index (χ1) is 16.6. The average Bonchev–Trinajstić information content (AvgIpc) is 3.14. The quantitative estimate of drug-likeness (QED) is 0.551. The van der Waals surface area contributed by atoms with Crippen molar-refractivity contribution >= 4 is 23.4 Å². The maximum absolute atomic E-state index is 13.4. The third kappa shape index (κ3) is 3.90. The number of piperazine rings is 1. The van der Waals surface area contributed by atoms with Crippen LogP contribution in [-0.2, 0) is 6.54 Å². The van der Waals surface area contributed by atoms with Crippen LogP contribution in [0, 0.1) is 0 Å². The summed E-state index contributed by atoms with van der Waals surface area (Å²) < 4.78 is 5.46. The fourth-order valence-electron chi connectivity index (χ4n) is 4.56. The Kier molecular flexibility index (Phi) is 5.76. The first-order valence-electron chi connectivity index (χ1n) is 11.3. The number of anilines is 1. The van der Waals surface area contributed by atoms with Crippen LogP contribution in [0.3, 0.4) is 0 Å². The molecule has 7 nitrogen and oxygen atoms in total. The lowest BCUT2D eigenvalue weighted by Gasteiger charge is -2.36. The van der Waals surface area contributed by atoms with E-state index in [1.807, 2.05) is 23.1 Å². The molecule has 0 N–H and O–H groups in total. The van der Waals surface area contributed by atoms with Crippen LogP contribution in [-0.4, -0.2) is 60.8 Å². The number of para-hydroxylation sites is 1. The van der Waals surface area contributed by atoms with Gasteiger partial charge in [-0.15, -0.1) is 0 Å². The number of hydrogen-bond acceptors (Lipinski definition) is 5.